The summed E-state index contributed by atoms with van der Waals surface area (Å²) in [6.45, 7) is 1.98. The molecule has 0 atom stereocenters. The highest BCUT2D eigenvalue weighted by molar-refractivity contribution is 5.32. The van der Waals surface area contributed by atoms with E-state index in [9.17, 15) is 18.4 Å². The van der Waals surface area contributed by atoms with Crippen LogP contribution in [0.15, 0.2) is 12.3 Å². The largest absolute Gasteiger partial charge is 0.618 e. The summed E-state index contributed by atoms with van der Waals surface area (Å²) in [5.41, 5.74) is 0.865. The number of ether oxygens (including phenoxy) is 1. The second kappa shape index (κ2) is 4.59. The maximum Gasteiger partial charge on any atom is 0.422 e. The average Bonchev–Trinajstić information content (AvgIpc) is 2.16. The van der Waals surface area contributed by atoms with Gasteiger partial charge in [-0.1, -0.05) is 6.92 Å². The fraction of sp³-hybridized carbons (Fsp3) is 0.500. The molecule has 6 heteroatoms. The zero-order valence-corrected chi connectivity index (χ0v) is 8.97. The van der Waals surface area contributed by atoms with Crippen molar-refractivity contribution in [1.29, 1.82) is 0 Å². The average molecular weight is 235 g/mol. The van der Waals surface area contributed by atoms with Gasteiger partial charge in [-0.3, -0.25) is 0 Å². The molecule has 0 unspecified atom stereocenters. The molecule has 0 aliphatic rings. The van der Waals surface area contributed by atoms with Crippen LogP contribution in [0, 0.1) is 12.1 Å². The lowest BCUT2D eigenvalue weighted by Gasteiger charge is -2.13. The smallest absolute Gasteiger partial charge is 0.422 e. The van der Waals surface area contributed by atoms with E-state index in [-0.39, 0.29) is 5.75 Å². The first-order valence-electron chi connectivity index (χ1n) is 4.76. The maximum absolute atomic E-state index is 11.9. The molecule has 0 radical (unpaired) electrons. The second-order valence-corrected chi connectivity index (χ2v) is 3.33. The van der Waals surface area contributed by atoms with E-state index in [0.717, 1.165) is 6.20 Å². The Kier molecular flexibility index (Phi) is 3.62. The topological polar surface area (TPSA) is 36.2 Å². The molecule has 90 valence electrons. The van der Waals surface area contributed by atoms with Gasteiger partial charge < -0.3 is 9.94 Å². The lowest BCUT2D eigenvalue weighted by molar-refractivity contribution is -0.614. The van der Waals surface area contributed by atoms with Crippen molar-refractivity contribution in [3.63, 3.8) is 0 Å². The Morgan fingerprint density at radius 3 is 2.56 bits per heavy atom. The zero-order valence-electron chi connectivity index (χ0n) is 8.97. The van der Waals surface area contributed by atoms with Gasteiger partial charge in [0.25, 0.3) is 0 Å². The molecule has 16 heavy (non-hydrogen) atoms. The number of alkyl halides is 3. The third kappa shape index (κ3) is 3.01. The first-order chi connectivity index (χ1) is 7.35. The number of hydrogen-bond acceptors (Lipinski definition) is 2. The SMILES string of the molecule is CCc1c(C)c(OCC(F)(F)F)cc[n+]1[O-]. The van der Waals surface area contributed by atoms with Crippen LogP contribution in [0.4, 0.5) is 13.2 Å². The molecular formula is C10H12F3NO2. The number of nitrogens with zero attached hydrogens (tertiary/aromatic N) is 1. The first kappa shape index (κ1) is 12.6. The standard InChI is InChI=1S/C10H12F3NO2/c1-3-8-7(2)9(4-5-14(8)15)16-6-10(11,12)13/h4-5H,3,6H2,1-2H3. The van der Waals surface area contributed by atoms with E-state index in [1.165, 1.54) is 6.07 Å². The van der Waals surface area contributed by atoms with E-state index in [1.807, 2.05) is 0 Å². The van der Waals surface area contributed by atoms with E-state index >= 15 is 0 Å². The third-order valence-corrected chi connectivity index (χ3v) is 2.16. The lowest BCUT2D eigenvalue weighted by atomic mass is 10.1. The Morgan fingerprint density at radius 2 is 2.06 bits per heavy atom. The van der Waals surface area contributed by atoms with Crippen molar-refractivity contribution in [1.82, 2.24) is 0 Å². The second-order valence-electron chi connectivity index (χ2n) is 3.33. The maximum atomic E-state index is 11.9. The van der Waals surface area contributed by atoms with Gasteiger partial charge in [0.05, 0.1) is 5.56 Å². The van der Waals surface area contributed by atoms with Crippen LogP contribution in [0.2, 0.25) is 0 Å². The van der Waals surface area contributed by atoms with E-state index in [1.54, 1.807) is 13.8 Å². The number of aromatic nitrogens is 1. The molecule has 0 spiro atoms. The van der Waals surface area contributed by atoms with Crippen molar-refractivity contribution >= 4 is 0 Å². The molecular weight excluding hydrogens is 223 g/mol. The first-order valence-corrected chi connectivity index (χ1v) is 4.76. The molecule has 1 aromatic rings. The van der Waals surface area contributed by atoms with Gasteiger partial charge in [0.15, 0.2) is 18.5 Å². The molecule has 0 aliphatic heterocycles. The fourth-order valence-electron chi connectivity index (χ4n) is 1.39. The summed E-state index contributed by atoms with van der Waals surface area (Å²) in [4.78, 5) is 0. The predicted octanol–water partition coefficient (Wildman–Crippen LogP) is 2.13. The van der Waals surface area contributed by atoms with Crippen molar-refractivity contribution < 1.29 is 22.6 Å². The number of halogens is 3. The molecule has 0 saturated heterocycles. The molecule has 0 saturated carbocycles. The summed E-state index contributed by atoms with van der Waals surface area (Å²) in [6, 6.07) is 1.24. The van der Waals surface area contributed by atoms with Gasteiger partial charge in [-0.05, 0) is 6.92 Å². The van der Waals surface area contributed by atoms with Crippen LogP contribution in [-0.4, -0.2) is 12.8 Å². The number of rotatable bonds is 3. The normalized spacial score (nSPS) is 11.6. The molecule has 0 N–H and O–H groups in total. The summed E-state index contributed by atoms with van der Waals surface area (Å²) in [7, 11) is 0. The Bertz CT molecular complexity index is 377. The van der Waals surface area contributed by atoms with Crippen molar-refractivity contribution in [3.05, 3.63) is 28.7 Å². The predicted molar refractivity (Wildman–Crippen MR) is 51.1 cm³/mol. The van der Waals surface area contributed by atoms with Crippen LogP contribution in [0.5, 0.6) is 5.75 Å². The van der Waals surface area contributed by atoms with Gasteiger partial charge in [-0.15, -0.1) is 0 Å². The van der Waals surface area contributed by atoms with E-state index < -0.39 is 12.8 Å². The summed E-state index contributed by atoms with van der Waals surface area (Å²) >= 11 is 0. The van der Waals surface area contributed by atoms with Crippen molar-refractivity contribution in [2.24, 2.45) is 0 Å². The fourth-order valence-corrected chi connectivity index (χ4v) is 1.39. The highest BCUT2D eigenvalue weighted by atomic mass is 19.4. The summed E-state index contributed by atoms with van der Waals surface area (Å²) < 4.78 is 41.1. The third-order valence-electron chi connectivity index (χ3n) is 2.16. The van der Waals surface area contributed by atoms with Gasteiger partial charge in [-0.2, -0.15) is 17.9 Å². The van der Waals surface area contributed by atoms with Crippen LogP contribution < -0.4 is 9.47 Å². The monoisotopic (exact) mass is 235 g/mol. The zero-order chi connectivity index (χ0) is 12.3. The van der Waals surface area contributed by atoms with Gasteiger partial charge >= 0.3 is 6.18 Å². The van der Waals surface area contributed by atoms with E-state index in [4.69, 9.17) is 0 Å². The molecule has 3 nitrogen and oxygen atoms in total. The number of hydrogen-bond donors (Lipinski definition) is 0. The molecule has 0 fully saturated rings. The Hall–Kier alpha value is -1.46. The van der Waals surface area contributed by atoms with Crippen LogP contribution in [-0.2, 0) is 6.42 Å². The lowest BCUT2D eigenvalue weighted by Crippen LogP contribution is -2.32. The molecule has 1 heterocycles. The highest BCUT2D eigenvalue weighted by Gasteiger charge is 2.29. The molecule has 0 amide bonds. The van der Waals surface area contributed by atoms with Crippen LogP contribution in [0.25, 0.3) is 0 Å². The molecule has 1 aromatic heterocycles. The van der Waals surface area contributed by atoms with Crippen LogP contribution >= 0.6 is 0 Å². The van der Waals surface area contributed by atoms with E-state index in [2.05, 4.69) is 4.74 Å². The Balaban J connectivity index is 2.90. The van der Waals surface area contributed by atoms with Gasteiger partial charge in [0.2, 0.25) is 0 Å². The van der Waals surface area contributed by atoms with Gasteiger partial charge in [-0.25, -0.2) is 0 Å². The molecule has 0 bridgehead atoms. The Labute approximate surface area is 91.0 Å². The van der Waals surface area contributed by atoms with Crippen LogP contribution in [0.1, 0.15) is 18.2 Å². The molecule has 0 aliphatic carbocycles. The minimum atomic E-state index is -4.37. The molecule has 0 aromatic carbocycles. The van der Waals surface area contributed by atoms with Gasteiger partial charge in [0, 0.05) is 12.5 Å². The van der Waals surface area contributed by atoms with Crippen molar-refractivity contribution in [3.8, 4) is 5.75 Å². The van der Waals surface area contributed by atoms with Crippen molar-refractivity contribution in [2.45, 2.75) is 26.4 Å². The van der Waals surface area contributed by atoms with Crippen molar-refractivity contribution in [2.75, 3.05) is 6.61 Å². The summed E-state index contributed by atoms with van der Waals surface area (Å²) in [5.74, 6) is 0.0984. The number of pyridine rings is 1. The highest BCUT2D eigenvalue weighted by Crippen LogP contribution is 2.22. The minimum absolute atomic E-state index is 0.0984. The quantitative estimate of drug-likeness (QED) is 0.594. The Morgan fingerprint density at radius 1 is 1.44 bits per heavy atom. The van der Waals surface area contributed by atoms with E-state index in [0.29, 0.717) is 22.4 Å². The summed E-state index contributed by atoms with van der Waals surface area (Å²) in [6.07, 6.45) is -2.78. The van der Waals surface area contributed by atoms with Gasteiger partial charge in [0.1, 0.15) is 5.75 Å². The molecule has 1 rings (SSSR count). The minimum Gasteiger partial charge on any atom is -0.618 e. The van der Waals surface area contributed by atoms with Crippen LogP contribution in [0.3, 0.4) is 0 Å². The summed E-state index contributed by atoms with van der Waals surface area (Å²) in [5, 5.41) is 11.3.